The van der Waals surface area contributed by atoms with Gasteiger partial charge in [-0.15, -0.1) is 64.9 Å². The van der Waals surface area contributed by atoms with Crippen LogP contribution in [0.1, 0.15) is 22.4 Å². The number of benzene rings is 2. The molecule has 4 nitrogen and oxygen atoms in total. The molecule has 1 radical (unpaired) electrons. The summed E-state index contributed by atoms with van der Waals surface area (Å²) in [5.41, 5.74) is 9.95. The standard InChI is InChI=1S/C19H11N2OS.C14H14N.Ir/c1-11-5-6-14-13-3-2-4-15(18(13)22-19(14)21-11)16-9-17-12(10-20-16)7-8-23-17;1-10-4-6-13(7-5-10)14-8-11(2)12(3)9-15-14;/h2-3,5-10H,1H3;4-6,8-9H,1-3H3;/q2*-1;. The van der Waals surface area contributed by atoms with Crippen molar-refractivity contribution in [3.63, 3.8) is 0 Å². The first-order valence-electron chi connectivity index (χ1n) is 12.4. The van der Waals surface area contributed by atoms with Gasteiger partial charge in [-0.1, -0.05) is 35.6 Å². The van der Waals surface area contributed by atoms with Crippen LogP contribution < -0.4 is 0 Å². The Morgan fingerprint density at radius 3 is 2.44 bits per heavy atom. The van der Waals surface area contributed by atoms with Crippen LogP contribution in [0.4, 0.5) is 0 Å². The summed E-state index contributed by atoms with van der Waals surface area (Å²) in [5.74, 6) is 0. The summed E-state index contributed by atoms with van der Waals surface area (Å²) in [4.78, 5) is 13.5. The second-order valence-corrected chi connectivity index (χ2v) is 10.4. The fourth-order valence-corrected chi connectivity index (χ4v) is 5.13. The van der Waals surface area contributed by atoms with Gasteiger partial charge in [-0.3, -0.25) is 0 Å². The Hall–Kier alpha value is -3.70. The van der Waals surface area contributed by atoms with Gasteiger partial charge in [0.25, 0.3) is 0 Å². The molecular weight excluding hydrogens is 679 g/mol. The van der Waals surface area contributed by atoms with Crippen molar-refractivity contribution in [2.45, 2.75) is 27.7 Å². The van der Waals surface area contributed by atoms with Crippen LogP contribution in [-0.2, 0) is 20.1 Å². The molecule has 0 fully saturated rings. The zero-order valence-corrected chi connectivity index (χ0v) is 25.2. The molecule has 0 unspecified atom stereocenters. The van der Waals surface area contributed by atoms with Gasteiger partial charge in [-0.2, -0.15) is 0 Å². The first kappa shape index (κ1) is 26.9. The van der Waals surface area contributed by atoms with Crippen molar-refractivity contribution in [2.75, 3.05) is 0 Å². The minimum atomic E-state index is 0. The molecule has 0 aliphatic heterocycles. The Labute approximate surface area is 245 Å². The van der Waals surface area contributed by atoms with E-state index in [0.717, 1.165) is 50.0 Å². The maximum absolute atomic E-state index is 6.03. The molecule has 195 valence electrons. The number of rotatable bonds is 2. The van der Waals surface area contributed by atoms with Crippen molar-refractivity contribution in [1.82, 2.24) is 15.0 Å². The Balaban J connectivity index is 0.000000169. The van der Waals surface area contributed by atoms with Crippen LogP contribution in [0.2, 0.25) is 0 Å². The topological polar surface area (TPSA) is 51.8 Å². The smallest absolute Gasteiger partial charge is 0.216 e. The molecule has 0 bridgehead atoms. The molecule has 7 aromatic rings. The third-order valence-corrected chi connectivity index (χ3v) is 7.53. The molecule has 0 N–H and O–H groups in total. The van der Waals surface area contributed by atoms with Gasteiger partial charge in [-0.25, -0.2) is 4.98 Å². The first-order chi connectivity index (χ1) is 18.5. The summed E-state index contributed by atoms with van der Waals surface area (Å²) in [7, 11) is 0. The third kappa shape index (κ3) is 5.41. The Kier molecular flexibility index (Phi) is 7.71. The van der Waals surface area contributed by atoms with Crippen LogP contribution in [-0.4, -0.2) is 15.0 Å². The van der Waals surface area contributed by atoms with E-state index >= 15 is 0 Å². The Morgan fingerprint density at radius 1 is 0.795 bits per heavy atom. The molecule has 39 heavy (non-hydrogen) atoms. The molecule has 5 heterocycles. The number of fused-ring (bicyclic) bond motifs is 4. The minimum absolute atomic E-state index is 0. The van der Waals surface area contributed by atoms with Gasteiger partial charge in [-0.05, 0) is 61.3 Å². The predicted octanol–water partition coefficient (Wildman–Crippen LogP) is 8.84. The van der Waals surface area contributed by atoms with Gasteiger partial charge in [0.2, 0.25) is 5.71 Å². The van der Waals surface area contributed by atoms with E-state index in [1.165, 1.54) is 21.4 Å². The minimum Gasteiger partial charge on any atom is -0.486 e. The molecule has 0 saturated carbocycles. The molecule has 0 saturated heterocycles. The molecule has 0 amide bonds. The van der Waals surface area contributed by atoms with Crippen molar-refractivity contribution >= 4 is 43.5 Å². The fourth-order valence-electron chi connectivity index (χ4n) is 4.33. The summed E-state index contributed by atoms with van der Waals surface area (Å²) in [6.07, 6.45) is 3.82. The predicted molar refractivity (Wildman–Crippen MR) is 156 cm³/mol. The van der Waals surface area contributed by atoms with E-state index in [4.69, 9.17) is 4.42 Å². The maximum Gasteiger partial charge on any atom is 0.216 e. The van der Waals surface area contributed by atoms with E-state index < -0.39 is 0 Å². The number of aryl methyl sites for hydroxylation is 4. The van der Waals surface area contributed by atoms with Crippen LogP contribution >= 0.6 is 11.3 Å². The van der Waals surface area contributed by atoms with Crippen molar-refractivity contribution in [3.8, 4) is 22.5 Å². The van der Waals surface area contributed by atoms with Crippen LogP contribution in [0.15, 0.2) is 82.9 Å². The van der Waals surface area contributed by atoms with E-state index in [-0.39, 0.29) is 20.1 Å². The fraction of sp³-hybridized carbons (Fsp3) is 0.121. The number of thiophene rings is 1. The summed E-state index contributed by atoms with van der Waals surface area (Å²) in [5, 5.41) is 5.31. The average molecular weight is 704 g/mol. The third-order valence-electron chi connectivity index (χ3n) is 6.65. The molecule has 6 heteroatoms. The first-order valence-corrected chi connectivity index (χ1v) is 13.3. The number of pyridine rings is 3. The summed E-state index contributed by atoms with van der Waals surface area (Å²) < 4.78 is 7.25. The summed E-state index contributed by atoms with van der Waals surface area (Å²) in [6, 6.07) is 26.9. The summed E-state index contributed by atoms with van der Waals surface area (Å²) >= 11 is 1.71. The van der Waals surface area contributed by atoms with Crippen molar-refractivity contribution < 1.29 is 24.5 Å². The number of furan rings is 1. The molecule has 0 spiro atoms. The zero-order chi connectivity index (χ0) is 26.2. The molecule has 7 rings (SSSR count). The Morgan fingerprint density at radius 2 is 1.64 bits per heavy atom. The van der Waals surface area contributed by atoms with Gasteiger partial charge in [0.1, 0.15) is 0 Å². The van der Waals surface area contributed by atoms with E-state index in [1.807, 2.05) is 43.6 Å². The zero-order valence-electron chi connectivity index (χ0n) is 22.0. The van der Waals surface area contributed by atoms with Crippen LogP contribution in [0.3, 0.4) is 0 Å². The molecule has 5 aromatic heterocycles. The summed E-state index contributed by atoms with van der Waals surface area (Å²) in [6.45, 7) is 8.21. The van der Waals surface area contributed by atoms with E-state index in [1.54, 1.807) is 11.3 Å². The molecule has 0 aliphatic rings. The van der Waals surface area contributed by atoms with Gasteiger partial charge in [0, 0.05) is 53.7 Å². The van der Waals surface area contributed by atoms with Crippen LogP contribution in [0, 0.1) is 39.8 Å². The van der Waals surface area contributed by atoms with Gasteiger partial charge in [0.15, 0.2) is 0 Å². The number of hydrogen-bond donors (Lipinski definition) is 0. The second kappa shape index (κ2) is 11.2. The number of nitrogens with zero attached hydrogens (tertiary/aromatic N) is 3. The van der Waals surface area contributed by atoms with Gasteiger partial charge >= 0.3 is 0 Å². The Bertz CT molecular complexity index is 1920. The normalized spacial score (nSPS) is 10.9. The van der Waals surface area contributed by atoms with Crippen LogP contribution in [0.25, 0.3) is 54.7 Å². The quantitative estimate of drug-likeness (QED) is 0.169. The van der Waals surface area contributed by atoms with E-state index in [0.29, 0.717) is 5.71 Å². The van der Waals surface area contributed by atoms with Crippen molar-refractivity contribution in [1.29, 1.82) is 0 Å². The molecule has 2 aromatic carbocycles. The number of aromatic nitrogens is 3. The molecule has 0 atom stereocenters. The average Bonchev–Trinajstić information content (AvgIpc) is 3.54. The molecular formula is C33H25IrN3OS-2. The van der Waals surface area contributed by atoms with Crippen molar-refractivity contribution in [2.24, 2.45) is 0 Å². The van der Waals surface area contributed by atoms with Crippen LogP contribution in [0.5, 0.6) is 0 Å². The molecule has 0 aliphatic carbocycles. The van der Waals surface area contributed by atoms with Gasteiger partial charge in [0.05, 0.1) is 5.58 Å². The second-order valence-electron chi connectivity index (χ2n) is 9.46. The number of hydrogen-bond acceptors (Lipinski definition) is 5. The SMILES string of the molecule is Cc1c[c-]c(-c2cc(C)c(C)cn2)cc1.Cc1ccc2c(n1)oc1c(-c3cc4sccc4cn3)[c-]ccc12.[Ir]. The van der Waals surface area contributed by atoms with E-state index in [2.05, 4.69) is 89.6 Å². The van der Waals surface area contributed by atoms with E-state index in [9.17, 15) is 0 Å². The van der Waals surface area contributed by atoms with Crippen molar-refractivity contribution in [3.05, 3.63) is 113 Å². The monoisotopic (exact) mass is 704 g/mol. The largest absolute Gasteiger partial charge is 0.486 e. The van der Waals surface area contributed by atoms with Gasteiger partial charge < -0.3 is 14.4 Å². The maximum atomic E-state index is 6.03.